The topological polar surface area (TPSA) is 70.5 Å². The Kier molecular flexibility index (Phi) is 10.5. The highest BCUT2D eigenvalue weighted by molar-refractivity contribution is 4.90. The summed E-state index contributed by atoms with van der Waals surface area (Å²) in [5, 5.41) is 0. The van der Waals surface area contributed by atoms with Crippen LogP contribution in [0.1, 0.15) is 60.3 Å². The van der Waals surface area contributed by atoms with Gasteiger partial charge < -0.3 is 20.9 Å². The van der Waals surface area contributed by atoms with Gasteiger partial charge in [0.2, 0.25) is 0 Å². The first-order valence-corrected chi connectivity index (χ1v) is 8.33. The molecule has 0 bridgehead atoms. The van der Waals surface area contributed by atoms with E-state index in [1.807, 2.05) is 0 Å². The van der Waals surface area contributed by atoms with E-state index in [4.69, 9.17) is 20.9 Å². The molecule has 4 N–H and O–H groups in total. The van der Waals surface area contributed by atoms with Crippen molar-refractivity contribution in [3.05, 3.63) is 0 Å². The molecule has 0 heterocycles. The Bertz CT molecular complexity index is 231. The fourth-order valence-electron chi connectivity index (χ4n) is 3.48. The summed E-state index contributed by atoms with van der Waals surface area (Å²) >= 11 is 0. The third-order valence-electron chi connectivity index (χ3n) is 3.57. The first-order chi connectivity index (χ1) is 9.72. The zero-order chi connectivity index (χ0) is 16.4. The summed E-state index contributed by atoms with van der Waals surface area (Å²) in [6.07, 6.45) is 4.76. The van der Waals surface area contributed by atoms with E-state index >= 15 is 0 Å². The van der Waals surface area contributed by atoms with Gasteiger partial charge in [0, 0.05) is 19.2 Å². The van der Waals surface area contributed by atoms with Crippen molar-refractivity contribution >= 4 is 0 Å². The van der Waals surface area contributed by atoms with Crippen molar-refractivity contribution in [2.24, 2.45) is 22.3 Å². The lowest BCUT2D eigenvalue weighted by molar-refractivity contribution is 0.0510. The molecule has 1 aliphatic rings. The summed E-state index contributed by atoms with van der Waals surface area (Å²) in [5.41, 5.74) is 12.1. The lowest BCUT2D eigenvalue weighted by Gasteiger charge is -2.43. The minimum absolute atomic E-state index is 0.425. The lowest BCUT2D eigenvalue weighted by Crippen LogP contribution is -2.40. The van der Waals surface area contributed by atoms with Gasteiger partial charge in [-0.15, -0.1) is 0 Å². The van der Waals surface area contributed by atoms with E-state index in [-0.39, 0.29) is 0 Å². The van der Waals surface area contributed by atoms with E-state index in [0.29, 0.717) is 43.2 Å². The van der Waals surface area contributed by atoms with E-state index in [0.717, 1.165) is 13.0 Å². The second-order valence-corrected chi connectivity index (χ2v) is 7.69. The average molecular weight is 303 g/mol. The molecule has 0 atom stereocenters. The lowest BCUT2D eigenvalue weighted by atomic mass is 9.64. The molecule has 1 aliphatic carbocycles. The zero-order valence-corrected chi connectivity index (χ0v) is 14.9. The van der Waals surface area contributed by atoms with Crippen molar-refractivity contribution in [1.82, 2.24) is 0 Å². The third-order valence-corrected chi connectivity index (χ3v) is 3.57. The first-order valence-electron chi connectivity index (χ1n) is 8.33. The fraction of sp³-hybridized carbons (Fsp3) is 1.00. The molecule has 0 amide bonds. The van der Waals surface area contributed by atoms with Gasteiger partial charge in [0.1, 0.15) is 0 Å². The Morgan fingerprint density at radius 3 is 1.76 bits per heavy atom. The van der Waals surface area contributed by atoms with Gasteiger partial charge in [-0.25, -0.2) is 0 Å². The minimum Gasteiger partial charge on any atom is -0.379 e. The van der Waals surface area contributed by atoms with Gasteiger partial charge in [-0.2, -0.15) is 0 Å². The molecule has 0 aromatic rings. The quantitative estimate of drug-likeness (QED) is 0.709. The highest BCUT2D eigenvalue weighted by Gasteiger charge is 2.36. The summed E-state index contributed by atoms with van der Waals surface area (Å²) in [6, 6.07) is 0.425. The molecule has 1 rings (SSSR count). The van der Waals surface area contributed by atoms with Crippen LogP contribution in [0.4, 0.5) is 0 Å². The van der Waals surface area contributed by atoms with Crippen molar-refractivity contribution in [2.75, 3.05) is 33.0 Å². The highest BCUT2D eigenvalue weighted by Crippen LogP contribution is 2.44. The maximum Gasteiger partial charge on any atom is 0.0701 e. The molecule has 1 saturated carbocycles. The molecule has 0 aliphatic heterocycles. The number of rotatable bonds is 7. The molecule has 0 spiro atoms. The van der Waals surface area contributed by atoms with Crippen LogP contribution in [0, 0.1) is 10.8 Å². The Hall–Kier alpha value is -0.160. The van der Waals surface area contributed by atoms with Crippen LogP contribution in [-0.2, 0) is 9.47 Å². The van der Waals surface area contributed by atoms with Crippen LogP contribution < -0.4 is 11.5 Å². The Labute approximate surface area is 131 Å². The monoisotopic (exact) mass is 302 g/mol. The Morgan fingerprint density at radius 1 is 0.905 bits per heavy atom. The van der Waals surface area contributed by atoms with Gasteiger partial charge >= 0.3 is 0 Å². The number of nitrogens with two attached hydrogens (primary N) is 2. The van der Waals surface area contributed by atoms with E-state index in [9.17, 15) is 0 Å². The number of hydrogen-bond acceptors (Lipinski definition) is 4. The molecule has 128 valence electrons. The van der Waals surface area contributed by atoms with E-state index in [2.05, 4.69) is 34.6 Å². The molecule has 0 saturated heterocycles. The van der Waals surface area contributed by atoms with Crippen molar-refractivity contribution in [3.8, 4) is 0 Å². The predicted octanol–water partition coefficient (Wildman–Crippen LogP) is 2.94. The molecule has 0 unspecified atom stereocenters. The first kappa shape index (κ1) is 20.8. The van der Waals surface area contributed by atoms with Gasteiger partial charge in [0.15, 0.2) is 0 Å². The van der Waals surface area contributed by atoms with Gasteiger partial charge in [-0.05, 0) is 36.5 Å². The third kappa shape index (κ3) is 12.1. The van der Waals surface area contributed by atoms with Crippen LogP contribution in [0.2, 0.25) is 0 Å². The summed E-state index contributed by atoms with van der Waals surface area (Å²) < 4.78 is 10.2. The molecule has 0 aromatic heterocycles. The maximum atomic E-state index is 5.99. The number of hydrogen-bond donors (Lipinski definition) is 2. The molecular weight excluding hydrogens is 264 g/mol. The highest BCUT2D eigenvalue weighted by atomic mass is 16.5. The van der Waals surface area contributed by atoms with Crippen molar-refractivity contribution in [3.63, 3.8) is 0 Å². The summed E-state index contributed by atoms with van der Waals surface area (Å²) in [6.45, 7) is 14.8. The zero-order valence-electron chi connectivity index (χ0n) is 14.9. The Balaban J connectivity index is 0.000000384. The fourth-order valence-corrected chi connectivity index (χ4v) is 3.48. The van der Waals surface area contributed by atoms with Crippen molar-refractivity contribution in [1.29, 1.82) is 0 Å². The second kappa shape index (κ2) is 10.5. The molecule has 4 heteroatoms. The van der Waals surface area contributed by atoms with Crippen molar-refractivity contribution in [2.45, 2.75) is 66.3 Å². The van der Waals surface area contributed by atoms with Gasteiger partial charge in [-0.3, -0.25) is 0 Å². The summed E-state index contributed by atoms with van der Waals surface area (Å²) in [7, 11) is 0. The summed E-state index contributed by atoms with van der Waals surface area (Å²) in [4.78, 5) is 0. The van der Waals surface area contributed by atoms with Crippen LogP contribution in [0.3, 0.4) is 0 Å². The standard InChI is InChI=1S/C10H21N.C7H17NO2/c1-9(2)5-8(11)6-10(3,4)7-9;1-2-4-9-6-7-10-5-3-8/h8H,5-7,11H2,1-4H3;2-8H2,1H3. The smallest absolute Gasteiger partial charge is 0.0701 e. The average Bonchev–Trinajstić information content (AvgIpc) is 2.30. The normalized spacial score (nSPS) is 20.7. The molecular formula is C17H38N2O2. The molecule has 4 nitrogen and oxygen atoms in total. The molecule has 0 aromatic carbocycles. The van der Waals surface area contributed by atoms with Gasteiger partial charge in [0.25, 0.3) is 0 Å². The van der Waals surface area contributed by atoms with Crippen LogP contribution in [0.25, 0.3) is 0 Å². The van der Waals surface area contributed by atoms with E-state index in [1.54, 1.807) is 0 Å². The van der Waals surface area contributed by atoms with Crippen LogP contribution in [-0.4, -0.2) is 39.0 Å². The van der Waals surface area contributed by atoms with E-state index < -0.39 is 0 Å². The molecule has 21 heavy (non-hydrogen) atoms. The number of ether oxygens (including phenoxy) is 2. The van der Waals surface area contributed by atoms with Crippen LogP contribution in [0.15, 0.2) is 0 Å². The second-order valence-electron chi connectivity index (χ2n) is 7.69. The molecule has 0 radical (unpaired) electrons. The largest absolute Gasteiger partial charge is 0.379 e. The minimum atomic E-state index is 0.425. The van der Waals surface area contributed by atoms with Crippen LogP contribution >= 0.6 is 0 Å². The van der Waals surface area contributed by atoms with Crippen LogP contribution in [0.5, 0.6) is 0 Å². The van der Waals surface area contributed by atoms with Gasteiger partial charge in [-0.1, -0.05) is 34.6 Å². The van der Waals surface area contributed by atoms with E-state index in [1.165, 1.54) is 19.3 Å². The maximum absolute atomic E-state index is 5.99. The Morgan fingerprint density at radius 2 is 1.38 bits per heavy atom. The van der Waals surface area contributed by atoms with Crippen molar-refractivity contribution < 1.29 is 9.47 Å². The summed E-state index contributed by atoms with van der Waals surface area (Å²) in [5.74, 6) is 0. The SMILES string of the molecule is CC1(C)CC(N)CC(C)(C)C1.CCCOCCOCCN. The molecule has 1 fully saturated rings. The predicted molar refractivity (Wildman–Crippen MR) is 90.4 cm³/mol. The van der Waals surface area contributed by atoms with Gasteiger partial charge in [0.05, 0.1) is 19.8 Å².